The predicted molar refractivity (Wildman–Crippen MR) is 60.6 cm³/mol. The third-order valence-corrected chi connectivity index (χ3v) is 2.37. The summed E-state index contributed by atoms with van der Waals surface area (Å²) in [5.74, 6) is -0.219. The van der Waals surface area contributed by atoms with Crippen molar-refractivity contribution >= 4 is 5.69 Å². The minimum absolute atomic E-state index is 0.219. The number of anilines is 1. The molecule has 0 bridgehead atoms. The molecule has 1 rings (SSSR count). The molecule has 0 aliphatic heterocycles. The molecule has 0 heterocycles. The molecule has 0 saturated heterocycles. The molecule has 0 spiro atoms. The Morgan fingerprint density at radius 3 is 2.73 bits per heavy atom. The number of aliphatic hydroxyl groups excluding tert-OH is 1. The van der Waals surface area contributed by atoms with Gasteiger partial charge in [0.2, 0.25) is 0 Å². The van der Waals surface area contributed by atoms with E-state index in [0.717, 1.165) is 18.8 Å². The lowest BCUT2D eigenvalue weighted by Crippen LogP contribution is -2.26. The normalized spacial score (nSPS) is 12.5. The van der Waals surface area contributed by atoms with Gasteiger partial charge in [0.05, 0.1) is 6.10 Å². The molecule has 0 amide bonds. The highest BCUT2D eigenvalue weighted by Gasteiger charge is 2.06. The lowest BCUT2D eigenvalue weighted by molar-refractivity contribution is 0.186. The van der Waals surface area contributed by atoms with Gasteiger partial charge in [-0.25, -0.2) is 4.39 Å². The minimum atomic E-state index is -0.312. The monoisotopic (exact) mass is 211 g/mol. The van der Waals surface area contributed by atoms with Crippen LogP contribution in [0.3, 0.4) is 0 Å². The third kappa shape index (κ3) is 3.88. The minimum Gasteiger partial charge on any atom is -0.393 e. The van der Waals surface area contributed by atoms with Gasteiger partial charge in [0, 0.05) is 18.8 Å². The summed E-state index contributed by atoms with van der Waals surface area (Å²) in [6.07, 6.45) is 0.386. The zero-order valence-electron chi connectivity index (χ0n) is 9.28. The first-order valence-electron chi connectivity index (χ1n) is 5.32. The third-order valence-electron chi connectivity index (χ3n) is 2.37. The van der Waals surface area contributed by atoms with Crippen molar-refractivity contribution in [3.63, 3.8) is 0 Å². The Balaban J connectivity index is 2.65. The van der Waals surface area contributed by atoms with E-state index in [0.29, 0.717) is 6.42 Å². The van der Waals surface area contributed by atoms with Crippen molar-refractivity contribution in [2.24, 2.45) is 0 Å². The van der Waals surface area contributed by atoms with Crippen LogP contribution in [0.5, 0.6) is 0 Å². The SMILES string of the molecule is CCN(CCC(C)O)c1cccc(F)c1. The number of nitrogens with zero attached hydrogens (tertiary/aromatic N) is 1. The van der Waals surface area contributed by atoms with Gasteiger partial charge in [-0.15, -0.1) is 0 Å². The molecule has 1 unspecified atom stereocenters. The summed E-state index contributed by atoms with van der Waals surface area (Å²) in [5.41, 5.74) is 0.873. The molecule has 1 N–H and O–H groups in total. The number of hydrogen-bond donors (Lipinski definition) is 1. The molecule has 84 valence electrons. The summed E-state index contributed by atoms with van der Waals surface area (Å²) < 4.78 is 13.0. The number of hydrogen-bond acceptors (Lipinski definition) is 2. The fourth-order valence-corrected chi connectivity index (χ4v) is 1.49. The molecule has 1 aromatic carbocycles. The van der Waals surface area contributed by atoms with E-state index in [1.54, 1.807) is 13.0 Å². The van der Waals surface area contributed by atoms with Gasteiger partial charge in [0.15, 0.2) is 0 Å². The molecule has 2 nitrogen and oxygen atoms in total. The van der Waals surface area contributed by atoms with Gasteiger partial charge < -0.3 is 10.0 Å². The van der Waals surface area contributed by atoms with E-state index in [9.17, 15) is 9.50 Å². The van der Waals surface area contributed by atoms with Crippen LogP contribution >= 0.6 is 0 Å². The van der Waals surface area contributed by atoms with Crippen LogP contribution in [-0.2, 0) is 0 Å². The van der Waals surface area contributed by atoms with Crippen LogP contribution in [0.15, 0.2) is 24.3 Å². The molecule has 0 aliphatic carbocycles. The fraction of sp³-hybridized carbons (Fsp3) is 0.500. The van der Waals surface area contributed by atoms with E-state index in [2.05, 4.69) is 4.90 Å². The van der Waals surface area contributed by atoms with Crippen molar-refractivity contribution in [2.75, 3.05) is 18.0 Å². The van der Waals surface area contributed by atoms with Gasteiger partial charge in [-0.3, -0.25) is 0 Å². The topological polar surface area (TPSA) is 23.5 Å². The maximum atomic E-state index is 13.0. The van der Waals surface area contributed by atoms with Crippen LogP contribution in [0.2, 0.25) is 0 Å². The second-order valence-corrected chi connectivity index (χ2v) is 3.70. The first-order chi connectivity index (χ1) is 7.13. The average molecular weight is 211 g/mol. The summed E-state index contributed by atoms with van der Waals surface area (Å²) in [4.78, 5) is 2.05. The molecule has 0 aliphatic rings. The summed E-state index contributed by atoms with van der Waals surface area (Å²) in [6.45, 7) is 5.35. The Morgan fingerprint density at radius 2 is 2.20 bits per heavy atom. The summed E-state index contributed by atoms with van der Waals surface area (Å²) in [6, 6.07) is 6.54. The molecule has 3 heteroatoms. The lowest BCUT2D eigenvalue weighted by atomic mass is 10.2. The average Bonchev–Trinajstić information content (AvgIpc) is 2.18. The van der Waals surface area contributed by atoms with E-state index >= 15 is 0 Å². The van der Waals surface area contributed by atoms with Gasteiger partial charge in [0.25, 0.3) is 0 Å². The second kappa shape index (κ2) is 5.71. The molecule has 0 saturated carbocycles. The molecule has 1 atom stereocenters. The van der Waals surface area contributed by atoms with Crippen LogP contribution in [0.25, 0.3) is 0 Å². The number of halogens is 1. The first-order valence-corrected chi connectivity index (χ1v) is 5.32. The van der Waals surface area contributed by atoms with Crippen LogP contribution in [0.1, 0.15) is 20.3 Å². The standard InChI is InChI=1S/C12H18FNO/c1-3-14(8-7-10(2)15)12-6-4-5-11(13)9-12/h4-6,9-10,15H,3,7-8H2,1-2H3. The van der Waals surface area contributed by atoms with Gasteiger partial charge in [0.1, 0.15) is 5.82 Å². The number of rotatable bonds is 5. The van der Waals surface area contributed by atoms with E-state index in [-0.39, 0.29) is 11.9 Å². The number of aliphatic hydroxyl groups is 1. The largest absolute Gasteiger partial charge is 0.393 e. The van der Waals surface area contributed by atoms with Crippen molar-refractivity contribution in [1.29, 1.82) is 0 Å². The van der Waals surface area contributed by atoms with Gasteiger partial charge in [-0.2, -0.15) is 0 Å². The van der Waals surface area contributed by atoms with Crippen molar-refractivity contribution < 1.29 is 9.50 Å². The van der Waals surface area contributed by atoms with E-state index in [4.69, 9.17) is 0 Å². The quantitative estimate of drug-likeness (QED) is 0.808. The van der Waals surface area contributed by atoms with Crippen LogP contribution in [-0.4, -0.2) is 24.3 Å². The van der Waals surface area contributed by atoms with Crippen LogP contribution < -0.4 is 4.90 Å². The zero-order valence-corrected chi connectivity index (χ0v) is 9.28. The van der Waals surface area contributed by atoms with Gasteiger partial charge >= 0.3 is 0 Å². The van der Waals surface area contributed by atoms with Crippen molar-refractivity contribution in [1.82, 2.24) is 0 Å². The Hall–Kier alpha value is -1.09. The summed E-state index contributed by atoms with van der Waals surface area (Å²) >= 11 is 0. The Morgan fingerprint density at radius 1 is 1.47 bits per heavy atom. The maximum absolute atomic E-state index is 13.0. The smallest absolute Gasteiger partial charge is 0.125 e. The van der Waals surface area contributed by atoms with E-state index in [1.807, 2.05) is 13.0 Å². The lowest BCUT2D eigenvalue weighted by Gasteiger charge is -2.23. The Labute approximate surface area is 90.3 Å². The van der Waals surface area contributed by atoms with Crippen LogP contribution in [0, 0.1) is 5.82 Å². The predicted octanol–water partition coefficient (Wildman–Crippen LogP) is 2.42. The van der Waals surface area contributed by atoms with Gasteiger partial charge in [-0.05, 0) is 38.5 Å². The Kier molecular flexibility index (Phi) is 4.56. The second-order valence-electron chi connectivity index (χ2n) is 3.70. The highest BCUT2D eigenvalue weighted by atomic mass is 19.1. The van der Waals surface area contributed by atoms with E-state index < -0.39 is 0 Å². The summed E-state index contributed by atoms with van der Waals surface area (Å²) in [5, 5.41) is 9.20. The molecular weight excluding hydrogens is 193 g/mol. The molecule has 0 fully saturated rings. The van der Waals surface area contributed by atoms with E-state index in [1.165, 1.54) is 12.1 Å². The fourth-order valence-electron chi connectivity index (χ4n) is 1.49. The highest BCUT2D eigenvalue weighted by molar-refractivity contribution is 5.46. The van der Waals surface area contributed by atoms with Crippen molar-refractivity contribution in [3.8, 4) is 0 Å². The molecular formula is C12H18FNO. The number of benzene rings is 1. The molecule has 0 radical (unpaired) electrons. The maximum Gasteiger partial charge on any atom is 0.125 e. The Bertz CT molecular complexity index is 301. The summed E-state index contributed by atoms with van der Waals surface area (Å²) in [7, 11) is 0. The van der Waals surface area contributed by atoms with Crippen molar-refractivity contribution in [3.05, 3.63) is 30.1 Å². The molecule has 15 heavy (non-hydrogen) atoms. The zero-order chi connectivity index (χ0) is 11.3. The molecule has 1 aromatic rings. The highest BCUT2D eigenvalue weighted by Crippen LogP contribution is 2.15. The van der Waals surface area contributed by atoms with Gasteiger partial charge in [-0.1, -0.05) is 6.07 Å². The van der Waals surface area contributed by atoms with Crippen molar-refractivity contribution in [2.45, 2.75) is 26.4 Å². The first kappa shape index (κ1) is 12.0. The molecule has 0 aromatic heterocycles. The van der Waals surface area contributed by atoms with Crippen LogP contribution in [0.4, 0.5) is 10.1 Å².